The van der Waals surface area contributed by atoms with Crippen LogP contribution < -0.4 is 0 Å². The first-order valence-corrected chi connectivity index (χ1v) is 8.72. The standard InChI is InChI=1S/C24H22O2/c1-15-7-5-8-16(2)21(15)23(25)19-11-13-20(14-12-19)24(26)22-17(3)9-6-10-18(22)4/h5-14H,1-4H3. The predicted molar refractivity (Wildman–Crippen MR) is 105 cm³/mol. The first kappa shape index (κ1) is 17.8. The highest BCUT2D eigenvalue weighted by molar-refractivity contribution is 6.13. The van der Waals surface area contributed by atoms with Crippen LogP contribution in [0.1, 0.15) is 54.1 Å². The van der Waals surface area contributed by atoms with Crippen LogP contribution in [0.4, 0.5) is 0 Å². The number of hydrogen-bond acceptors (Lipinski definition) is 2. The largest absolute Gasteiger partial charge is 0.289 e. The van der Waals surface area contributed by atoms with E-state index >= 15 is 0 Å². The van der Waals surface area contributed by atoms with E-state index in [1.807, 2.05) is 64.1 Å². The van der Waals surface area contributed by atoms with Crippen LogP contribution in [-0.2, 0) is 0 Å². The predicted octanol–water partition coefficient (Wildman–Crippen LogP) is 5.38. The molecule has 0 saturated carbocycles. The van der Waals surface area contributed by atoms with Crippen LogP contribution in [0.15, 0.2) is 60.7 Å². The Bertz CT molecular complexity index is 872. The van der Waals surface area contributed by atoms with Crippen molar-refractivity contribution in [2.45, 2.75) is 27.7 Å². The molecule has 2 heteroatoms. The molecule has 2 nitrogen and oxygen atoms in total. The van der Waals surface area contributed by atoms with Gasteiger partial charge < -0.3 is 0 Å². The first-order chi connectivity index (χ1) is 12.4. The minimum absolute atomic E-state index is 0.00771. The van der Waals surface area contributed by atoms with Crippen LogP contribution in [0.25, 0.3) is 0 Å². The summed E-state index contributed by atoms with van der Waals surface area (Å²) in [5.41, 5.74) is 6.52. The Morgan fingerprint density at radius 2 is 0.769 bits per heavy atom. The summed E-state index contributed by atoms with van der Waals surface area (Å²) < 4.78 is 0. The van der Waals surface area contributed by atoms with Crippen LogP contribution >= 0.6 is 0 Å². The average Bonchev–Trinajstić information content (AvgIpc) is 2.61. The van der Waals surface area contributed by atoms with Gasteiger partial charge in [-0.25, -0.2) is 0 Å². The topological polar surface area (TPSA) is 34.1 Å². The maximum Gasteiger partial charge on any atom is 0.193 e. The molecule has 0 heterocycles. The number of carbonyl (C=O) groups is 2. The average molecular weight is 342 g/mol. The van der Waals surface area contributed by atoms with Crippen molar-refractivity contribution in [3.05, 3.63) is 105 Å². The molecule has 0 unspecified atom stereocenters. The van der Waals surface area contributed by atoms with Gasteiger partial charge in [-0.1, -0.05) is 60.7 Å². The summed E-state index contributed by atoms with van der Waals surface area (Å²) in [4.78, 5) is 25.7. The van der Waals surface area contributed by atoms with E-state index < -0.39 is 0 Å². The van der Waals surface area contributed by atoms with Crippen LogP contribution in [0.5, 0.6) is 0 Å². The van der Waals surface area contributed by atoms with E-state index in [0.717, 1.165) is 33.4 Å². The molecule has 130 valence electrons. The van der Waals surface area contributed by atoms with Crippen molar-refractivity contribution in [2.75, 3.05) is 0 Å². The molecule has 0 aliphatic rings. The molecule has 0 amide bonds. The third kappa shape index (κ3) is 3.23. The van der Waals surface area contributed by atoms with Gasteiger partial charge in [0.15, 0.2) is 11.6 Å². The van der Waals surface area contributed by atoms with E-state index in [-0.39, 0.29) is 11.6 Å². The molecule has 0 aromatic heterocycles. The summed E-state index contributed by atoms with van der Waals surface area (Å²) >= 11 is 0. The van der Waals surface area contributed by atoms with Crippen LogP contribution in [0.2, 0.25) is 0 Å². The van der Waals surface area contributed by atoms with Gasteiger partial charge in [0.1, 0.15) is 0 Å². The Morgan fingerprint density at radius 1 is 0.500 bits per heavy atom. The molecular weight excluding hydrogens is 320 g/mol. The highest BCUT2D eigenvalue weighted by Crippen LogP contribution is 2.21. The van der Waals surface area contributed by atoms with E-state index in [4.69, 9.17) is 0 Å². The van der Waals surface area contributed by atoms with Gasteiger partial charge in [-0.2, -0.15) is 0 Å². The highest BCUT2D eigenvalue weighted by Gasteiger charge is 2.17. The lowest BCUT2D eigenvalue weighted by atomic mass is 9.92. The van der Waals surface area contributed by atoms with Crippen molar-refractivity contribution >= 4 is 11.6 Å². The lowest BCUT2D eigenvalue weighted by molar-refractivity contribution is 0.102. The number of aryl methyl sites for hydroxylation is 4. The smallest absolute Gasteiger partial charge is 0.193 e. The van der Waals surface area contributed by atoms with Crippen LogP contribution in [-0.4, -0.2) is 11.6 Å². The summed E-state index contributed by atoms with van der Waals surface area (Å²) in [6, 6.07) is 18.7. The third-order valence-electron chi connectivity index (χ3n) is 4.83. The molecule has 0 aliphatic carbocycles. The van der Waals surface area contributed by atoms with E-state index in [0.29, 0.717) is 11.1 Å². The molecule has 3 rings (SSSR count). The van der Waals surface area contributed by atoms with E-state index in [2.05, 4.69) is 0 Å². The van der Waals surface area contributed by atoms with Gasteiger partial charge >= 0.3 is 0 Å². The van der Waals surface area contributed by atoms with Gasteiger partial charge in [-0.3, -0.25) is 9.59 Å². The van der Waals surface area contributed by atoms with Crippen molar-refractivity contribution < 1.29 is 9.59 Å². The van der Waals surface area contributed by atoms with Crippen molar-refractivity contribution in [3.63, 3.8) is 0 Å². The van der Waals surface area contributed by atoms with Gasteiger partial charge in [-0.15, -0.1) is 0 Å². The third-order valence-corrected chi connectivity index (χ3v) is 4.83. The minimum Gasteiger partial charge on any atom is -0.289 e. The molecule has 0 aliphatic heterocycles. The fourth-order valence-corrected chi connectivity index (χ4v) is 3.41. The van der Waals surface area contributed by atoms with E-state index in [9.17, 15) is 9.59 Å². The van der Waals surface area contributed by atoms with Crippen molar-refractivity contribution in [1.29, 1.82) is 0 Å². The molecule has 0 spiro atoms. The second-order valence-electron chi connectivity index (χ2n) is 6.77. The Balaban J connectivity index is 1.94. The van der Waals surface area contributed by atoms with Crippen molar-refractivity contribution in [1.82, 2.24) is 0 Å². The zero-order chi connectivity index (χ0) is 18.8. The summed E-state index contributed by atoms with van der Waals surface area (Å²) in [5, 5.41) is 0. The van der Waals surface area contributed by atoms with Gasteiger partial charge in [-0.05, 0) is 49.9 Å². The molecule has 0 bridgehead atoms. The number of benzene rings is 3. The van der Waals surface area contributed by atoms with Crippen LogP contribution in [0.3, 0.4) is 0 Å². The number of carbonyl (C=O) groups excluding carboxylic acids is 2. The molecule has 0 saturated heterocycles. The lowest BCUT2D eigenvalue weighted by Gasteiger charge is -2.11. The fraction of sp³-hybridized carbons (Fsp3) is 0.167. The molecule has 0 radical (unpaired) electrons. The first-order valence-electron chi connectivity index (χ1n) is 8.72. The molecular formula is C24H22O2. The quantitative estimate of drug-likeness (QED) is 0.596. The summed E-state index contributed by atoms with van der Waals surface area (Å²) in [5.74, 6) is -0.0154. The molecule has 26 heavy (non-hydrogen) atoms. The zero-order valence-corrected chi connectivity index (χ0v) is 15.6. The normalized spacial score (nSPS) is 10.6. The summed E-state index contributed by atoms with van der Waals surface area (Å²) in [6.45, 7) is 7.77. The Morgan fingerprint density at radius 3 is 1.04 bits per heavy atom. The van der Waals surface area contributed by atoms with Gasteiger partial charge in [0.2, 0.25) is 0 Å². The molecule has 3 aromatic rings. The van der Waals surface area contributed by atoms with Crippen molar-refractivity contribution in [2.24, 2.45) is 0 Å². The maximum absolute atomic E-state index is 12.9. The number of hydrogen-bond donors (Lipinski definition) is 0. The summed E-state index contributed by atoms with van der Waals surface area (Å²) in [7, 11) is 0. The molecule has 3 aromatic carbocycles. The second-order valence-corrected chi connectivity index (χ2v) is 6.77. The monoisotopic (exact) mass is 342 g/mol. The van der Waals surface area contributed by atoms with E-state index in [1.54, 1.807) is 24.3 Å². The molecule has 0 fully saturated rings. The van der Waals surface area contributed by atoms with E-state index in [1.165, 1.54) is 0 Å². The second kappa shape index (κ2) is 7.09. The minimum atomic E-state index is -0.00771. The Hall–Kier alpha value is -3.00. The summed E-state index contributed by atoms with van der Waals surface area (Å²) in [6.07, 6.45) is 0. The fourth-order valence-electron chi connectivity index (χ4n) is 3.41. The Labute approximate surface area is 154 Å². The highest BCUT2D eigenvalue weighted by atomic mass is 16.1. The SMILES string of the molecule is Cc1cccc(C)c1C(=O)c1ccc(C(=O)c2c(C)cccc2C)cc1. The van der Waals surface area contributed by atoms with Gasteiger partial charge in [0.05, 0.1) is 0 Å². The lowest BCUT2D eigenvalue weighted by Crippen LogP contribution is -2.09. The Kier molecular flexibility index (Phi) is 4.85. The number of rotatable bonds is 4. The van der Waals surface area contributed by atoms with Crippen LogP contribution in [0, 0.1) is 27.7 Å². The van der Waals surface area contributed by atoms with Gasteiger partial charge in [0, 0.05) is 22.3 Å². The zero-order valence-electron chi connectivity index (χ0n) is 15.6. The number of ketones is 2. The maximum atomic E-state index is 12.9. The molecule has 0 atom stereocenters. The van der Waals surface area contributed by atoms with Crippen molar-refractivity contribution in [3.8, 4) is 0 Å². The molecule has 0 N–H and O–H groups in total. The van der Waals surface area contributed by atoms with Gasteiger partial charge in [0.25, 0.3) is 0 Å².